The molecule has 0 atom stereocenters. The van der Waals surface area contributed by atoms with Crippen LogP contribution in [0.3, 0.4) is 0 Å². The van der Waals surface area contributed by atoms with Crippen LogP contribution in [0.2, 0.25) is 0 Å². The summed E-state index contributed by atoms with van der Waals surface area (Å²) in [6.07, 6.45) is 4.75. The van der Waals surface area contributed by atoms with E-state index >= 15 is 0 Å². The van der Waals surface area contributed by atoms with Gasteiger partial charge in [0.25, 0.3) is 0 Å². The molecule has 1 N–H and O–H groups in total. The molecule has 0 saturated heterocycles. The van der Waals surface area contributed by atoms with Gasteiger partial charge in [-0.3, -0.25) is 10.1 Å². The summed E-state index contributed by atoms with van der Waals surface area (Å²) in [6.45, 7) is 0.873. The van der Waals surface area contributed by atoms with Gasteiger partial charge < -0.3 is 0 Å². The predicted octanol–water partition coefficient (Wildman–Crippen LogP) is 1.80. The highest BCUT2D eigenvalue weighted by molar-refractivity contribution is 6.13. The smallest absolute Gasteiger partial charge is 0.0753 e. The van der Waals surface area contributed by atoms with Gasteiger partial charge in [0.05, 0.1) is 11.9 Å². The van der Waals surface area contributed by atoms with Gasteiger partial charge in [0.15, 0.2) is 0 Å². The number of nitrogens with one attached hydrogen (secondary N) is 1. The van der Waals surface area contributed by atoms with Gasteiger partial charge in [0.1, 0.15) is 0 Å². The Morgan fingerprint density at radius 2 is 2.13 bits per heavy atom. The molecule has 2 aromatic rings. The number of aromatic nitrogens is 2. The number of benzene rings is 1. The summed E-state index contributed by atoms with van der Waals surface area (Å²) >= 11 is 0. The van der Waals surface area contributed by atoms with E-state index in [-0.39, 0.29) is 0 Å². The average Bonchev–Trinajstić information content (AvgIpc) is 2.82. The van der Waals surface area contributed by atoms with Crippen molar-refractivity contribution in [1.29, 1.82) is 0 Å². The molecule has 2 heterocycles. The molecule has 0 aliphatic carbocycles. The fourth-order valence-electron chi connectivity index (χ4n) is 1.97. The minimum Gasteiger partial charge on any atom is -0.285 e. The van der Waals surface area contributed by atoms with Gasteiger partial charge in [-0.2, -0.15) is 5.10 Å². The molecule has 0 bridgehead atoms. The molecule has 0 fully saturated rings. The zero-order chi connectivity index (χ0) is 10.1. The van der Waals surface area contributed by atoms with Crippen LogP contribution >= 0.6 is 0 Å². The normalized spacial score (nSPS) is 14.5. The van der Waals surface area contributed by atoms with E-state index in [0.29, 0.717) is 0 Å². The van der Waals surface area contributed by atoms with Crippen LogP contribution < -0.4 is 0 Å². The van der Waals surface area contributed by atoms with Crippen molar-refractivity contribution in [2.24, 2.45) is 4.99 Å². The van der Waals surface area contributed by atoms with Gasteiger partial charge >= 0.3 is 0 Å². The van der Waals surface area contributed by atoms with Crippen molar-refractivity contribution in [3.8, 4) is 0 Å². The Hall–Kier alpha value is -1.90. The Balaban J connectivity index is 2.15. The molecule has 15 heavy (non-hydrogen) atoms. The highest BCUT2D eigenvalue weighted by Gasteiger charge is 2.15. The Kier molecular flexibility index (Phi) is 1.88. The van der Waals surface area contributed by atoms with Crippen LogP contribution in [0.15, 0.2) is 41.7 Å². The van der Waals surface area contributed by atoms with Crippen molar-refractivity contribution in [2.75, 3.05) is 6.54 Å². The Bertz CT molecular complexity index is 497. The zero-order valence-electron chi connectivity index (χ0n) is 8.27. The molecule has 0 saturated carbocycles. The fraction of sp³-hybridized carbons (Fsp3) is 0.167. The quantitative estimate of drug-likeness (QED) is 0.744. The number of hydrogen-bond acceptors (Lipinski definition) is 2. The van der Waals surface area contributed by atoms with Gasteiger partial charge in [-0.25, -0.2) is 0 Å². The molecule has 0 unspecified atom stereocenters. The maximum Gasteiger partial charge on any atom is 0.0753 e. The second kappa shape index (κ2) is 3.35. The first-order chi connectivity index (χ1) is 7.45. The van der Waals surface area contributed by atoms with Crippen LogP contribution in [0, 0.1) is 0 Å². The lowest BCUT2D eigenvalue weighted by Crippen LogP contribution is -2.13. The molecule has 74 valence electrons. The van der Waals surface area contributed by atoms with Crippen molar-refractivity contribution in [3.63, 3.8) is 0 Å². The summed E-state index contributed by atoms with van der Waals surface area (Å²) in [4.78, 5) is 4.57. The van der Waals surface area contributed by atoms with Gasteiger partial charge in [-0.1, -0.05) is 24.3 Å². The fourth-order valence-corrected chi connectivity index (χ4v) is 1.97. The van der Waals surface area contributed by atoms with E-state index in [1.165, 1.54) is 11.1 Å². The van der Waals surface area contributed by atoms with Crippen LogP contribution in [0.1, 0.15) is 16.7 Å². The molecule has 3 heteroatoms. The summed E-state index contributed by atoms with van der Waals surface area (Å²) in [5, 5.41) is 6.79. The standard InChI is InChI=1S/C12H11N3/c1-2-4-11-9(3-1)5-6-13-12(11)10-7-14-15-8-10/h1-4,7-8H,5-6H2,(H,14,15). The van der Waals surface area contributed by atoms with E-state index < -0.39 is 0 Å². The van der Waals surface area contributed by atoms with Crippen LogP contribution in [0.5, 0.6) is 0 Å². The Labute approximate surface area is 87.9 Å². The van der Waals surface area contributed by atoms with Crippen molar-refractivity contribution in [3.05, 3.63) is 53.3 Å². The number of fused-ring (bicyclic) bond motifs is 1. The second-order valence-electron chi connectivity index (χ2n) is 3.62. The molecular weight excluding hydrogens is 186 g/mol. The number of aromatic amines is 1. The molecule has 0 amide bonds. The van der Waals surface area contributed by atoms with Crippen molar-refractivity contribution < 1.29 is 0 Å². The molecule has 1 aliphatic rings. The third-order valence-electron chi connectivity index (χ3n) is 2.70. The molecular formula is C12H11N3. The topological polar surface area (TPSA) is 41.0 Å². The maximum absolute atomic E-state index is 4.57. The van der Waals surface area contributed by atoms with E-state index in [0.717, 1.165) is 24.2 Å². The highest BCUT2D eigenvalue weighted by atomic mass is 15.1. The van der Waals surface area contributed by atoms with Gasteiger partial charge in [0, 0.05) is 23.9 Å². The van der Waals surface area contributed by atoms with E-state index in [2.05, 4.69) is 39.5 Å². The summed E-state index contributed by atoms with van der Waals surface area (Å²) in [7, 11) is 0. The van der Waals surface area contributed by atoms with E-state index in [1.54, 1.807) is 0 Å². The zero-order valence-corrected chi connectivity index (χ0v) is 8.27. The first kappa shape index (κ1) is 8.41. The molecule has 1 aromatic heterocycles. The van der Waals surface area contributed by atoms with Crippen molar-refractivity contribution in [1.82, 2.24) is 10.2 Å². The van der Waals surface area contributed by atoms with Crippen molar-refractivity contribution >= 4 is 5.71 Å². The summed E-state index contributed by atoms with van der Waals surface area (Å²) in [6, 6.07) is 8.43. The van der Waals surface area contributed by atoms with Crippen LogP contribution in [-0.4, -0.2) is 22.5 Å². The van der Waals surface area contributed by atoms with Gasteiger partial charge in [-0.15, -0.1) is 0 Å². The third-order valence-corrected chi connectivity index (χ3v) is 2.70. The first-order valence-corrected chi connectivity index (χ1v) is 5.07. The molecule has 1 aromatic carbocycles. The lowest BCUT2D eigenvalue weighted by atomic mass is 9.95. The van der Waals surface area contributed by atoms with Gasteiger partial charge in [-0.05, 0) is 12.0 Å². The van der Waals surface area contributed by atoms with Crippen molar-refractivity contribution in [2.45, 2.75) is 6.42 Å². The van der Waals surface area contributed by atoms with Crippen LogP contribution in [-0.2, 0) is 6.42 Å². The number of nitrogens with zero attached hydrogens (tertiary/aromatic N) is 2. The van der Waals surface area contributed by atoms with Crippen LogP contribution in [0.4, 0.5) is 0 Å². The average molecular weight is 197 g/mol. The SMILES string of the molecule is c1ccc2c(c1)CCN=C2c1cn[nH]c1. The highest BCUT2D eigenvalue weighted by Crippen LogP contribution is 2.19. The largest absolute Gasteiger partial charge is 0.285 e. The number of hydrogen-bond donors (Lipinski definition) is 1. The minimum atomic E-state index is 0.873. The lowest BCUT2D eigenvalue weighted by molar-refractivity contribution is 0.944. The van der Waals surface area contributed by atoms with E-state index in [1.807, 2.05) is 12.4 Å². The molecule has 3 rings (SSSR count). The minimum absolute atomic E-state index is 0.873. The monoisotopic (exact) mass is 197 g/mol. The Morgan fingerprint density at radius 3 is 3.00 bits per heavy atom. The number of rotatable bonds is 1. The predicted molar refractivity (Wildman–Crippen MR) is 59.2 cm³/mol. The Morgan fingerprint density at radius 1 is 1.20 bits per heavy atom. The summed E-state index contributed by atoms with van der Waals surface area (Å²) in [5.41, 5.74) is 4.75. The summed E-state index contributed by atoms with van der Waals surface area (Å²) in [5.74, 6) is 0. The molecule has 0 radical (unpaired) electrons. The third kappa shape index (κ3) is 1.36. The van der Waals surface area contributed by atoms with Gasteiger partial charge in [0.2, 0.25) is 0 Å². The molecule has 0 spiro atoms. The van der Waals surface area contributed by atoms with E-state index in [4.69, 9.17) is 0 Å². The lowest BCUT2D eigenvalue weighted by Gasteiger charge is -2.15. The second-order valence-corrected chi connectivity index (χ2v) is 3.62. The number of H-pyrrole nitrogens is 1. The van der Waals surface area contributed by atoms with Crippen LogP contribution in [0.25, 0.3) is 0 Å². The first-order valence-electron chi connectivity index (χ1n) is 5.07. The summed E-state index contributed by atoms with van der Waals surface area (Å²) < 4.78 is 0. The molecule has 1 aliphatic heterocycles. The number of aliphatic imine (C=N–C) groups is 1. The molecule has 3 nitrogen and oxygen atoms in total. The maximum atomic E-state index is 4.57. The van der Waals surface area contributed by atoms with E-state index in [9.17, 15) is 0 Å².